The molecule has 94 valence electrons. The van der Waals surface area contributed by atoms with Crippen molar-refractivity contribution in [2.75, 3.05) is 11.1 Å². The van der Waals surface area contributed by atoms with Crippen LogP contribution in [0.2, 0.25) is 0 Å². The molecular weight excluding hydrogens is 216 g/mol. The van der Waals surface area contributed by atoms with Crippen molar-refractivity contribution in [3.05, 3.63) is 17.8 Å². The van der Waals surface area contributed by atoms with Gasteiger partial charge in [0.2, 0.25) is 0 Å². The Kier molecular flexibility index (Phi) is 4.31. The number of carbonyl (C=O) groups is 1. The number of pyridine rings is 1. The van der Waals surface area contributed by atoms with E-state index in [0.717, 1.165) is 6.42 Å². The van der Waals surface area contributed by atoms with Crippen LogP contribution in [-0.4, -0.2) is 16.9 Å². The minimum atomic E-state index is -0.550. The van der Waals surface area contributed by atoms with Crippen LogP contribution in [-0.2, 0) is 0 Å². The van der Waals surface area contributed by atoms with Crippen LogP contribution in [0.25, 0.3) is 0 Å². The van der Waals surface area contributed by atoms with Gasteiger partial charge < -0.3 is 16.8 Å². The first-order valence-corrected chi connectivity index (χ1v) is 5.78. The molecule has 1 amide bonds. The lowest BCUT2D eigenvalue weighted by molar-refractivity contribution is 0.0995. The summed E-state index contributed by atoms with van der Waals surface area (Å²) in [5, 5.41) is 3.25. The lowest BCUT2D eigenvalue weighted by Gasteiger charge is -2.22. The van der Waals surface area contributed by atoms with E-state index in [-0.39, 0.29) is 11.7 Å². The van der Waals surface area contributed by atoms with Crippen molar-refractivity contribution in [3.8, 4) is 0 Å². The molecule has 0 spiro atoms. The predicted octanol–water partition coefficient (Wildman–Crippen LogP) is 1.61. The quantitative estimate of drug-likeness (QED) is 0.724. The van der Waals surface area contributed by atoms with Crippen molar-refractivity contribution < 1.29 is 4.79 Å². The number of nitrogens with two attached hydrogens (primary N) is 2. The maximum absolute atomic E-state index is 11.0. The van der Waals surface area contributed by atoms with E-state index in [9.17, 15) is 4.79 Å². The summed E-state index contributed by atoms with van der Waals surface area (Å²) in [5.74, 6) is 0.436. The Morgan fingerprint density at radius 1 is 1.47 bits per heavy atom. The summed E-state index contributed by atoms with van der Waals surface area (Å²) >= 11 is 0. The highest BCUT2D eigenvalue weighted by Crippen LogP contribution is 2.19. The van der Waals surface area contributed by atoms with Gasteiger partial charge >= 0.3 is 0 Å². The third kappa shape index (κ3) is 3.34. The number of nitrogens with one attached hydrogen (secondary N) is 1. The van der Waals surface area contributed by atoms with Crippen LogP contribution in [0.15, 0.2) is 12.1 Å². The highest BCUT2D eigenvalue weighted by atomic mass is 16.1. The van der Waals surface area contributed by atoms with E-state index in [2.05, 4.69) is 31.1 Å². The minimum Gasteiger partial charge on any atom is -0.396 e. The molecule has 1 unspecified atom stereocenters. The fraction of sp³-hybridized carbons (Fsp3) is 0.500. The normalized spacial score (nSPS) is 12.5. The van der Waals surface area contributed by atoms with E-state index in [0.29, 0.717) is 17.4 Å². The van der Waals surface area contributed by atoms with Gasteiger partial charge in [0, 0.05) is 6.04 Å². The van der Waals surface area contributed by atoms with Crippen LogP contribution < -0.4 is 16.8 Å². The van der Waals surface area contributed by atoms with Crippen molar-refractivity contribution in [2.45, 2.75) is 33.2 Å². The van der Waals surface area contributed by atoms with E-state index in [1.54, 1.807) is 6.07 Å². The highest BCUT2D eigenvalue weighted by molar-refractivity contribution is 5.91. The summed E-state index contributed by atoms with van der Waals surface area (Å²) in [4.78, 5) is 15.2. The highest BCUT2D eigenvalue weighted by Gasteiger charge is 2.14. The zero-order valence-electron chi connectivity index (χ0n) is 10.5. The van der Waals surface area contributed by atoms with Gasteiger partial charge in [-0.2, -0.15) is 0 Å². The van der Waals surface area contributed by atoms with Crippen LogP contribution in [0.3, 0.4) is 0 Å². The van der Waals surface area contributed by atoms with Gasteiger partial charge in [0.25, 0.3) is 5.91 Å². The van der Waals surface area contributed by atoms with Gasteiger partial charge in [0.05, 0.1) is 5.69 Å². The second-order valence-electron chi connectivity index (χ2n) is 4.40. The second kappa shape index (κ2) is 5.52. The molecule has 0 radical (unpaired) electrons. The predicted molar refractivity (Wildman–Crippen MR) is 69.7 cm³/mol. The maximum atomic E-state index is 11.0. The summed E-state index contributed by atoms with van der Waals surface area (Å²) in [6, 6.07) is 3.44. The van der Waals surface area contributed by atoms with Crippen LogP contribution in [0.5, 0.6) is 0 Å². The lowest BCUT2D eigenvalue weighted by Crippen LogP contribution is -2.26. The van der Waals surface area contributed by atoms with Crippen LogP contribution >= 0.6 is 0 Å². The molecular formula is C12H20N4O. The molecule has 0 bridgehead atoms. The first-order valence-electron chi connectivity index (χ1n) is 5.78. The second-order valence-corrected chi connectivity index (χ2v) is 4.40. The topological polar surface area (TPSA) is 94.0 Å². The lowest BCUT2D eigenvalue weighted by atomic mass is 10.0. The third-order valence-corrected chi connectivity index (χ3v) is 2.75. The van der Waals surface area contributed by atoms with Crippen molar-refractivity contribution in [1.82, 2.24) is 4.98 Å². The minimum absolute atomic E-state index is 0.223. The fourth-order valence-electron chi connectivity index (χ4n) is 1.64. The molecule has 0 aliphatic heterocycles. The average molecular weight is 236 g/mol. The molecule has 1 atom stereocenters. The zero-order valence-corrected chi connectivity index (χ0v) is 10.5. The summed E-state index contributed by atoms with van der Waals surface area (Å²) in [5.41, 5.74) is 11.7. The van der Waals surface area contributed by atoms with Gasteiger partial charge in [-0.25, -0.2) is 4.98 Å². The standard InChI is InChI=1S/C12H20N4O/c1-4-9(7(2)3)15-12-8(13)5-6-10(16-12)11(14)17/h5-7,9H,4,13H2,1-3H3,(H2,14,17)(H,15,16). The van der Waals surface area contributed by atoms with Gasteiger partial charge in [0.15, 0.2) is 0 Å². The Labute approximate surface area is 102 Å². The number of nitrogens with zero attached hydrogens (tertiary/aromatic N) is 1. The molecule has 0 saturated carbocycles. The average Bonchev–Trinajstić information content (AvgIpc) is 2.27. The van der Waals surface area contributed by atoms with Crippen molar-refractivity contribution in [3.63, 3.8) is 0 Å². The smallest absolute Gasteiger partial charge is 0.267 e. The summed E-state index contributed by atoms with van der Waals surface area (Å²) in [6.45, 7) is 6.33. The Hall–Kier alpha value is -1.78. The largest absolute Gasteiger partial charge is 0.396 e. The third-order valence-electron chi connectivity index (χ3n) is 2.75. The molecule has 0 aliphatic rings. The van der Waals surface area contributed by atoms with Gasteiger partial charge in [-0.3, -0.25) is 4.79 Å². The number of nitrogen functional groups attached to an aromatic ring is 1. The zero-order chi connectivity index (χ0) is 13.0. The van der Waals surface area contributed by atoms with E-state index in [1.807, 2.05) is 0 Å². The van der Waals surface area contributed by atoms with Crippen molar-refractivity contribution >= 4 is 17.4 Å². The summed E-state index contributed by atoms with van der Waals surface area (Å²) in [6.07, 6.45) is 0.958. The summed E-state index contributed by atoms with van der Waals surface area (Å²) in [7, 11) is 0. The first kappa shape index (κ1) is 13.3. The number of hydrogen-bond donors (Lipinski definition) is 3. The molecule has 1 aromatic rings. The number of carbonyl (C=O) groups excluding carboxylic acids is 1. The van der Waals surface area contributed by atoms with Crippen molar-refractivity contribution in [1.29, 1.82) is 0 Å². The fourth-order valence-corrected chi connectivity index (χ4v) is 1.64. The number of anilines is 2. The maximum Gasteiger partial charge on any atom is 0.267 e. The Morgan fingerprint density at radius 3 is 2.59 bits per heavy atom. The molecule has 0 aliphatic carbocycles. The molecule has 5 heteroatoms. The number of aromatic nitrogens is 1. The van der Waals surface area contributed by atoms with Crippen LogP contribution in [0.1, 0.15) is 37.7 Å². The van der Waals surface area contributed by atoms with Gasteiger partial charge in [-0.05, 0) is 24.5 Å². The van der Waals surface area contributed by atoms with Crippen LogP contribution in [0, 0.1) is 5.92 Å². The molecule has 0 saturated heterocycles. The molecule has 1 aromatic heterocycles. The van der Waals surface area contributed by atoms with E-state index in [1.165, 1.54) is 6.07 Å². The Morgan fingerprint density at radius 2 is 2.12 bits per heavy atom. The monoisotopic (exact) mass is 236 g/mol. The van der Waals surface area contributed by atoms with Gasteiger partial charge in [-0.1, -0.05) is 20.8 Å². The number of primary amides is 1. The molecule has 17 heavy (non-hydrogen) atoms. The molecule has 0 fully saturated rings. The summed E-state index contributed by atoms with van der Waals surface area (Å²) < 4.78 is 0. The molecule has 0 aromatic carbocycles. The Balaban J connectivity index is 2.96. The van der Waals surface area contributed by atoms with E-state index >= 15 is 0 Å². The number of hydrogen-bond acceptors (Lipinski definition) is 4. The van der Waals surface area contributed by atoms with Crippen molar-refractivity contribution in [2.24, 2.45) is 11.7 Å². The molecule has 1 rings (SSSR count). The van der Waals surface area contributed by atoms with E-state index < -0.39 is 5.91 Å². The SMILES string of the molecule is CCC(Nc1nc(C(N)=O)ccc1N)C(C)C. The molecule has 5 nitrogen and oxygen atoms in total. The number of rotatable bonds is 5. The Bertz CT molecular complexity index is 403. The first-order chi connectivity index (χ1) is 7.95. The number of amides is 1. The van der Waals surface area contributed by atoms with Crippen LogP contribution in [0.4, 0.5) is 11.5 Å². The molecule has 1 heterocycles. The molecule has 5 N–H and O–H groups in total. The van der Waals surface area contributed by atoms with E-state index in [4.69, 9.17) is 11.5 Å². The van der Waals surface area contributed by atoms with Gasteiger partial charge in [-0.15, -0.1) is 0 Å². The van der Waals surface area contributed by atoms with Gasteiger partial charge in [0.1, 0.15) is 11.5 Å².